The van der Waals surface area contributed by atoms with Crippen molar-refractivity contribution in [1.82, 2.24) is 0 Å². The number of hydrogen-bond donors (Lipinski definition) is 2. The summed E-state index contributed by atoms with van der Waals surface area (Å²) >= 11 is 0. The van der Waals surface area contributed by atoms with Crippen molar-refractivity contribution in [3.05, 3.63) is 53.6 Å². The van der Waals surface area contributed by atoms with Crippen LogP contribution in [-0.2, 0) is 16.0 Å². The summed E-state index contributed by atoms with van der Waals surface area (Å²) in [6, 6.07) is 14.4. The van der Waals surface area contributed by atoms with E-state index in [0.29, 0.717) is 24.5 Å². The Bertz CT molecular complexity index is 1070. The van der Waals surface area contributed by atoms with Crippen molar-refractivity contribution in [1.29, 1.82) is 0 Å². The van der Waals surface area contributed by atoms with Gasteiger partial charge < -0.3 is 20.1 Å². The Hall–Kier alpha value is -3.02. The summed E-state index contributed by atoms with van der Waals surface area (Å²) in [7, 11) is 0. The van der Waals surface area contributed by atoms with Crippen LogP contribution in [0.3, 0.4) is 0 Å². The minimum absolute atomic E-state index is 0.0171. The molecule has 1 amide bonds. The van der Waals surface area contributed by atoms with E-state index < -0.39 is 5.97 Å². The predicted octanol–water partition coefficient (Wildman–Crippen LogP) is 7.03. The lowest BCUT2D eigenvalue weighted by molar-refractivity contribution is -0.137. The van der Waals surface area contributed by atoms with Gasteiger partial charge in [-0.2, -0.15) is 0 Å². The molecule has 2 N–H and O–H groups in total. The fourth-order valence-corrected chi connectivity index (χ4v) is 5.86. The van der Waals surface area contributed by atoms with Crippen molar-refractivity contribution < 1.29 is 19.4 Å². The first-order chi connectivity index (χ1) is 18.3. The molecule has 0 saturated heterocycles. The van der Waals surface area contributed by atoms with Crippen LogP contribution in [0.5, 0.6) is 5.75 Å². The molecular formula is C32H44N2O4. The van der Waals surface area contributed by atoms with Gasteiger partial charge in [0.15, 0.2) is 0 Å². The molecule has 0 spiro atoms. The summed E-state index contributed by atoms with van der Waals surface area (Å²) in [5.41, 5.74) is 3.81. The smallest absolute Gasteiger partial charge is 0.303 e. The maximum absolute atomic E-state index is 13.3. The van der Waals surface area contributed by atoms with Gasteiger partial charge in [-0.15, -0.1) is 0 Å². The van der Waals surface area contributed by atoms with E-state index in [0.717, 1.165) is 60.5 Å². The molecule has 6 heteroatoms. The number of nitrogens with one attached hydrogen (secondary N) is 1. The molecule has 2 saturated carbocycles. The van der Waals surface area contributed by atoms with Crippen molar-refractivity contribution in [2.75, 3.05) is 23.4 Å². The van der Waals surface area contributed by atoms with E-state index in [-0.39, 0.29) is 24.7 Å². The van der Waals surface area contributed by atoms with E-state index in [9.17, 15) is 14.7 Å². The fraction of sp³-hybridized carbons (Fsp3) is 0.562. The fourth-order valence-electron chi connectivity index (χ4n) is 5.86. The number of aliphatic carboxylic acids is 1. The number of carboxylic acid groups (broad SMARTS) is 1. The molecule has 2 aliphatic rings. The monoisotopic (exact) mass is 520 g/mol. The Kier molecular flexibility index (Phi) is 9.70. The second kappa shape index (κ2) is 13.2. The molecule has 2 aromatic carbocycles. The molecule has 4 rings (SSSR count). The first-order valence-electron chi connectivity index (χ1n) is 14.5. The average Bonchev–Trinajstić information content (AvgIpc) is 3.73. The summed E-state index contributed by atoms with van der Waals surface area (Å²) in [6.45, 7) is 7.96. The van der Waals surface area contributed by atoms with Gasteiger partial charge in [0, 0.05) is 12.6 Å². The highest BCUT2D eigenvalue weighted by molar-refractivity contribution is 5.96. The molecule has 0 bridgehead atoms. The first-order valence-corrected chi connectivity index (χ1v) is 14.5. The van der Waals surface area contributed by atoms with E-state index in [4.69, 9.17) is 4.74 Å². The highest BCUT2D eigenvalue weighted by Crippen LogP contribution is 2.46. The maximum atomic E-state index is 13.3. The third kappa shape index (κ3) is 7.75. The largest absolute Gasteiger partial charge is 0.494 e. The molecule has 2 fully saturated rings. The van der Waals surface area contributed by atoms with E-state index in [1.165, 1.54) is 19.3 Å². The van der Waals surface area contributed by atoms with Crippen molar-refractivity contribution in [2.45, 2.75) is 90.5 Å². The van der Waals surface area contributed by atoms with Gasteiger partial charge in [0.05, 0.1) is 30.8 Å². The summed E-state index contributed by atoms with van der Waals surface area (Å²) in [5.74, 6) is 0.840. The number of carboxylic acids is 1. The van der Waals surface area contributed by atoms with Crippen LogP contribution in [0.25, 0.3) is 0 Å². The zero-order chi connectivity index (χ0) is 27.1. The van der Waals surface area contributed by atoms with Crippen molar-refractivity contribution >= 4 is 23.3 Å². The minimum atomic E-state index is -0.768. The number of carbonyl (C=O) groups excluding carboxylic acids is 1. The molecule has 6 nitrogen and oxygen atoms in total. The van der Waals surface area contributed by atoms with Gasteiger partial charge in [0.2, 0.25) is 5.91 Å². The summed E-state index contributed by atoms with van der Waals surface area (Å²) in [4.78, 5) is 27.5. The molecule has 0 aromatic heterocycles. The number of nitrogens with zero attached hydrogens (tertiary/aromatic N) is 1. The number of benzene rings is 2. The molecule has 0 radical (unpaired) electrons. The summed E-state index contributed by atoms with van der Waals surface area (Å²) in [6.07, 6.45) is 8.62. The third-order valence-electron chi connectivity index (χ3n) is 7.79. The van der Waals surface area contributed by atoms with E-state index in [1.807, 2.05) is 31.2 Å². The molecule has 206 valence electrons. The Labute approximate surface area is 227 Å². The molecule has 1 atom stereocenters. The number of ether oxygens (including phenoxy) is 1. The molecule has 38 heavy (non-hydrogen) atoms. The van der Waals surface area contributed by atoms with Crippen LogP contribution >= 0.6 is 0 Å². The van der Waals surface area contributed by atoms with Gasteiger partial charge in [-0.3, -0.25) is 9.59 Å². The molecule has 2 aromatic rings. The van der Waals surface area contributed by atoms with Crippen LogP contribution in [0.1, 0.15) is 89.2 Å². The Morgan fingerprint density at radius 2 is 1.74 bits per heavy atom. The molecule has 1 unspecified atom stereocenters. The van der Waals surface area contributed by atoms with Gasteiger partial charge in [-0.25, -0.2) is 0 Å². The minimum Gasteiger partial charge on any atom is -0.494 e. The predicted molar refractivity (Wildman–Crippen MR) is 153 cm³/mol. The Balaban J connectivity index is 1.63. The number of hydrogen-bond acceptors (Lipinski definition) is 4. The Morgan fingerprint density at radius 3 is 2.34 bits per heavy atom. The first kappa shape index (κ1) is 28.0. The average molecular weight is 521 g/mol. The zero-order valence-corrected chi connectivity index (χ0v) is 23.2. The number of carbonyl (C=O) groups is 2. The molecule has 0 aliphatic heterocycles. The number of amides is 1. The lowest BCUT2D eigenvalue weighted by Crippen LogP contribution is -2.40. The lowest BCUT2D eigenvalue weighted by Gasteiger charge is -2.38. The van der Waals surface area contributed by atoms with Gasteiger partial charge in [0.25, 0.3) is 0 Å². The zero-order valence-electron chi connectivity index (χ0n) is 23.2. The van der Waals surface area contributed by atoms with Crippen LogP contribution in [0.4, 0.5) is 11.4 Å². The highest BCUT2D eigenvalue weighted by Gasteiger charge is 2.34. The maximum Gasteiger partial charge on any atom is 0.303 e. The van der Waals surface area contributed by atoms with E-state index >= 15 is 0 Å². The lowest BCUT2D eigenvalue weighted by atomic mass is 9.89. The summed E-state index contributed by atoms with van der Waals surface area (Å²) < 4.78 is 5.53. The SMILES string of the molecule is CCOc1ccc(CC(=O)Nc2cc(C(CC(=O)O)C3CC3)ccc2N(CC(C)C)C2CCCCC2)cc1. The van der Waals surface area contributed by atoms with Gasteiger partial charge in [0.1, 0.15) is 5.75 Å². The second-order valence-electron chi connectivity index (χ2n) is 11.5. The second-order valence-corrected chi connectivity index (χ2v) is 11.5. The van der Waals surface area contributed by atoms with Crippen LogP contribution in [-0.4, -0.2) is 36.2 Å². The van der Waals surface area contributed by atoms with Gasteiger partial charge in [-0.1, -0.05) is 51.3 Å². The van der Waals surface area contributed by atoms with Crippen LogP contribution in [0, 0.1) is 11.8 Å². The van der Waals surface area contributed by atoms with Crippen LogP contribution in [0.15, 0.2) is 42.5 Å². The quantitative estimate of drug-likeness (QED) is 0.296. The van der Waals surface area contributed by atoms with Crippen molar-refractivity contribution in [2.24, 2.45) is 11.8 Å². The number of rotatable bonds is 13. The van der Waals surface area contributed by atoms with Gasteiger partial charge in [-0.05, 0) is 85.8 Å². The van der Waals surface area contributed by atoms with Crippen molar-refractivity contribution in [3.8, 4) is 5.75 Å². The van der Waals surface area contributed by atoms with Crippen LogP contribution < -0.4 is 15.0 Å². The Morgan fingerprint density at radius 1 is 1.03 bits per heavy atom. The molecular weight excluding hydrogens is 476 g/mol. The standard InChI is InChI=1S/C32H44N2O4/c1-4-38-27-15-10-23(11-16-27)18-31(35)33-29-19-25(28(20-32(36)37)24-12-13-24)14-17-30(29)34(21-22(2)3)26-8-6-5-7-9-26/h10-11,14-17,19,22,24,26,28H,4-9,12-13,18,20-21H2,1-3H3,(H,33,35)(H,36,37). The molecule has 2 aliphatic carbocycles. The van der Waals surface area contributed by atoms with E-state index in [2.05, 4.69) is 42.3 Å². The summed E-state index contributed by atoms with van der Waals surface area (Å²) in [5, 5.41) is 12.8. The number of anilines is 2. The van der Waals surface area contributed by atoms with E-state index in [1.54, 1.807) is 0 Å². The normalized spacial score (nSPS) is 16.7. The topological polar surface area (TPSA) is 78.9 Å². The van der Waals surface area contributed by atoms with Gasteiger partial charge >= 0.3 is 5.97 Å². The highest BCUT2D eigenvalue weighted by atomic mass is 16.5. The molecule has 0 heterocycles. The van der Waals surface area contributed by atoms with Crippen LogP contribution in [0.2, 0.25) is 0 Å². The third-order valence-corrected chi connectivity index (χ3v) is 7.79. The van der Waals surface area contributed by atoms with Crippen molar-refractivity contribution in [3.63, 3.8) is 0 Å².